The lowest BCUT2D eigenvalue weighted by Gasteiger charge is -2.26. The summed E-state index contributed by atoms with van der Waals surface area (Å²) in [4.78, 5) is 23.2. The van der Waals surface area contributed by atoms with E-state index >= 15 is 0 Å². The molecule has 3 rings (SSSR count). The fourth-order valence-electron chi connectivity index (χ4n) is 3.00. The van der Waals surface area contributed by atoms with Crippen LogP contribution in [0.5, 0.6) is 5.75 Å². The first kappa shape index (κ1) is 16.1. The fraction of sp³-hybridized carbons (Fsp3) is 0.263. The van der Waals surface area contributed by atoms with Gasteiger partial charge in [-0.2, -0.15) is 0 Å². The number of hydrogen-bond donors (Lipinski definition) is 2. The first-order valence-corrected chi connectivity index (χ1v) is 8.03. The number of nitrogens with two attached hydrogens (primary N) is 1. The second-order valence-electron chi connectivity index (χ2n) is 5.89. The molecule has 24 heavy (non-hydrogen) atoms. The summed E-state index contributed by atoms with van der Waals surface area (Å²) in [5.74, 6) is -0.120. The first-order valence-electron chi connectivity index (χ1n) is 8.03. The van der Waals surface area contributed by atoms with Gasteiger partial charge >= 0.3 is 0 Å². The van der Waals surface area contributed by atoms with Crippen molar-refractivity contribution in [3.63, 3.8) is 0 Å². The van der Waals surface area contributed by atoms with Crippen molar-refractivity contribution in [2.75, 3.05) is 6.61 Å². The lowest BCUT2D eigenvalue weighted by atomic mass is 9.88. The largest absolute Gasteiger partial charge is 0.484 e. The van der Waals surface area contributed by atoms with Crippen molar-refractivity contribution in [1.82, 2.24) is 5.32 Å². The highest BCUT2D eigenvalue weighted by atomic mass is 16.5. The molecular weight excluding hydrogens is 304 g/mol. The minimum Gasteiger partial charge on any atom is -0.484 e. The van der Waals surface area contributed by atoms with Gasteiger partial charge in [0.05, 0.1) is 6.04 Å². The number of nitrogens with one attached hydrogen (secondary N) is 1. The van der Waals surface area contributed by atoms with Gasteiger partial charge < -0.3 is 15.8 Å². The molecule has 0 spiro atoms. The molecule has 3 N–H and O–H groups in total. The van der Waals surface area contributed by atoms with Gasteiger partial charge in [-0.25, -0.2) is 0 Å². The van der Waals surface area contributed by atoms with Crippen LogP contribution in [-0.2, 0) is 11.2 Å². The highest BCUT2D eigenvalue weighted by Crippen LogP contribution is 2.29. The Hall–Kier alpha value is -2.82. The zero-order valence-corrected chi connectivity index (χ0v) is 13.3. The third-order valence-electron chi connectivity index (χ3n) is 4.21. The smallest absolute Gasteiger partial charge is 0.258 e. The summed E-state index contributed by atoms with van der Waals surface area (Å²) in [6.45, 7) is -0.0609. The van der Waals surface area contributed by atoms with Crippen LogP contribution in [0, 0.1) is 0 Å². The Balaban J connectivity index is 1.56. The third kappa shape index (κ3) is 3.74. The first-order chi connectivity index (χ1) is 11.6. The molecule has 2 aromatic rings. The second-order valence-corrected chi connectivity index (χ2v) is 5.89. The minimum absolute atomic E-state index is 0.0447. The average molecular weight is 324 g/mol. The number of fused-ring (bicyclic) bond motifs is 1. The van der Waals surface area contributed by atoms with E-state index in [4.69, 9.17) is 10.5 Å². The molecule has 0 saturated carbocycles. The van der Waals surface area contributed by atoms with E-state index in [1.807, 2.05) is 12.1 Å². The number of aryl methyl sites for hydroxylation is 1. The van der Waals surface area contributed by atoms with Gasteiger partial charge in [-0.15, -0.1) is 0 Å². The highest BCUT2D eigenvalue weighted by Gasteiger charge is 2.21. The van der Waals surface area contributed by atoms with Crippen LogP contribution in [0.3, 0.4) is 0 Å². The van der Waals surface area contributed by atoms with Crippen molar-refractivity contribution in [3.05, 3.63) is 65.2 Å². The van der Waals surface area contributed by atoms with E-state index in [-0.39, 0.29) is 18.6 Å². The number of carbonyl (C=O) groups is 2. The summed E-state index contributed by atoms with van der Waals surface area (Å²) in [5, 5.41) is 3.04. The maximum absolute atomic E-state index is 12.2. The molecule has 1 atom stereocenters. The van der Waals surface area contributed by atoms with Crippen LogP contribution in [0.4, 0.5) is 0 Å². The van der Waals surface area contributed by atoms with Gasteiger partial charge in [-0.3, -0.25) is 9.59 Å². The van der Waals surface area contributed by atoms with E-state index in [0.717, 1.165) is 19.3 Å². The highest BCUT2D eigenvalue weighted by molar-refractivity contribution is 5.92. The van der Waals surface area contributed by atoms with Crippen molar-refractivity contribution >= 4 is 11.8 Å². The monoisotopic (exact) mass is 324 g/mol. The van der Waals surface area contributed by atoms with Gasteiger partial charge in [-0.05, 0) is 54.7 Å². The molecule has 0 saturated heterocycles. The molecule has 0 fully saturated rings. The van der Waals surface area contributed by atoms with Crippen LogP contribution in [0.2, 0.25) is 0 Å². The molecule has 0 aromatic heterocycles. The molecule has 2 amide bonds. The molecule has 0 radical (unpaired) electrons. The predicted molar refractivity (Wildman–Crippen MR) is 90.7 cm³/mol. The fourth-order valence-corrected chi connectivity index (χ4v) is 3.00. The van der Waals surface area contributed by atoms with Crippen LogP contribution < -0.4 is 15.8 Å². The number of benzene rings is 2. The molecular formula is C19H20N2O3. The molecule has 0 aliphatic heterocycles. The van der Waals surface area contributed by atoms with E-state index in [0.29, 0.717) is 11.3 Å². The third-order valence-corrected chi connectivity index (χ3v) is 4.21. The van der Waals surface area contributed by atoms with Crippen LogP contribution in [0.15, 0.2) is 48.5 Å². The standard InChI is InChI=1S/C19H20N2O3/c20-19(23)14-8-10-15(11-9-14)24-12-18(22)21-17-7-3-5-13-4-1-2-6-16(13)17/h1-2,4,6,8-11,17H,3,5,7,12H2,(H2,20,23)(H,21,22)/t17-/m1/s1. The van der Waals surface area contributed by atoms with Gasteiger partial charge in [0.1, 0.15) is 5.75 Å². The molecule has 1 aliphatic carbocycles. The molecule has 1 aliphatic rings. The Morgan fingerprint density at radius 3 is 2.62 bits per heavy atom. The molecule has 5 heteroatoms. The van der Waals surface area contributed by atoms with Gasteiger partial charge in [0.25, 0.3) is 5.91 Å². The van der Waals surface area contributed by atoms with E-state index in [1.165, 1.54) is 11.1 Å². The molecule has 2 aromatic carbocycles. The van der Waals surface area contributed by atoms with E-state index in [2.05, 4.69) is 17.4 Å². The van der Waals surface area contributed by atoms with E-state index < -0.39 is 5.91 Å². The maximum Gasteiger partial charge on any atom is 0.258 e. The lowest BCUT2D eigenvalue weighted by Crippen LogP contribution is -2.34. The van der Waals surface area contributed by atoms with Crippen molar-refractivity contribution in [3.8, 4) is 5.75 Å². The number of carbonyl (C=O) groups excluding carboxylic acids is 2. The zero-order chi connectivity index (χ0) is 16.9. The van der Waals surface area contributed by atoms with Crippen LogP contribution in [-0.4, -0.2) is 18.4 Å². The summed E-state index contributed by atoms with van der Waals surface area (Å²) in [6.07, 6.45) is 3.07. The topological polar surface area (TPSA) is 81.4 Å². The quantitative estimate of drug-likeness (QED) is 0.886. The number of rotatable bonds is 5. The van der Waals surface area contributed by atoms with E-state index in [9.17, 15) is 9.59 Å². The van der Waals surface area contributed by atoms with Crippen molar-refractivity contribution in [2.45, 2.75) is 25.3 Å². The number of hydrogen-bond acceptors (Lipinski definition) is 3. The average Bonchev–Trinajstić information content (AvgIpc) is 2.61. The van der Waals surface area contributed by atoms with Gasteiger partial charge in [0.2, 0.25) is 5.91 Å². The van der Waals surface area contributed by atoms with Gasteiger partial charge in [0, 0.05) is 5.56 Å². The van der Waals surface area contributed by atoms with Crippen LogP contribution >= 0.6 is 0 Å². The number of amides is 2. The Labute approximate surface area is 140 Å². The molecule has 0 unspecified atom stereocenters. The summed E-state index contributed by atoms with van der Waals surface area (Å²) >= 11 is 0. The molecule has 5 nitrogen and oxygen atoms in total. The number of primary amides is 1. The Morgan fingerprint density at radius 2 is 1.88 bits per heavy atom. The normalized spacial score (nSPS) is 16.1. The lowest BCUT2D eigenvalue weighted by molar-refractivity contribution is -0.123. The second kappa shape index (κ2) is 7.17. The molecule has 124 valence electrons. The molecule has 0 bridgehead atoms. The van der Waals surface area contributed by atoms with E-state index in [1.54, 1.807) is 24.3 Å². The minimum atomic E-state index is -0.491. The summed E-state index contributed by atoms with van der Waals surface area (Å²) < 4.78 is 5.47. The Kier molecular flexibility index (Phi) is 4.79. The zero-order valence-electron chi connectivity index (χ0n) is 13.3. The Morgan fingerprint density at radius 1 is 1.12 bits per heavy atom. The number of ether oxygens (including phenoxy) is 1. The summed E-state index contributed by atoms with van der Waals surface area (Å²) in [6, 6.07) is 14.7. The summed E-state index contributed by atoms with van der Waals surface area (Å²) in [7, 11) is 0. The van der Waals surface area contributed by atoms with Gasteiger partial charge in [-0.1, -0.05) is 24.3 Å². The predicted octanol–water partition coefficient (Wildman–Crippen LogP) is 2.36. The van der Waals surface area contributed by atoms with Crippen LogP contribution in [0.25, 0.3) is 0 Å². The molecule has 0 heterocycles. The van der Waals surface area contributed by atoms with Crippen molar-refractivity contribution < 1.29 is 14.3 Å². The van der Waals surface area contributed by atoms with Crippen molar-refractivity contribution in [1.29, 1.82) is 0 Å². The van der Waals surface area contributed by atoms with Gasteiger partial charge in [0.15, 0.2) is 6.61 Å². The Bertz CT molecular complexity index is 741. The maximum atomic E-state index is 12.2. The van der Waals surface area contributed by atoms with Crippen molar-refractivity contribution in [2.24, 2.45) is 5.73 Å². The summed E-state index contributed by atoms with van der Waals surface area (Å²) in [5.41, 5.74) is 8.09. The van der Waals surface area contributed by atoms with Crippen LogP contribution in [0.1, 0.15) is 40.4 Å². The SMILES string of the molecule is NC(=O)c1ccc(OCC(=O)N[C@@H]2CCCc3ccccc32)cc1.